The molecule has 0 aliphatic carbocycles. The Morgan fingerprint density at radius 3 is 2.36 bits per heavy atom. The Kier molecular flexibility index (Phi) is 7.48. The fraction of sp³-hybridized carbons (Fsp3) is 0.556. The molecule has 0 spiro atoms. The van der Waals surface area contributed by atoms with Gasteiger partial charge in [-0.3, -0.25) is 9.59 Å². The highest BCUT2D eigenvalue weighted by atomic mass is 19.2. The van der Waals surface area contributed by atoms with Gasteiger partial charge in [0.25, 0.3) is 0 Å². The second kappa shape index (κ2) is 9.42. The van der Waals surface area contributed by atoms with Gasteiger partial charge in [0.05, 0.1) is 17.7 Å². The van der Waals surface area contributed by atoms with E-state index in [1.165, 1.54) is 4.90 Å². The third-order valence-electron chi connectivity index (χ3n) is 4.72. The molecule has 154 valence electrons. The number of nitrogens with zero attached hydrogens (tertiary/aromatic N) is 1. The highest BCUT2D eigenvalue weighted by molar-refractivity contribution is 6.43. The Morgan fingerprint density at radius 1 is 1.18 bits per heavy atom. The zero-order chi connectivity index (χ0) is 21.0. The van der Waals surface area contributed by atoms with Gasteiger partial charge >= 0.3 is 7.12 Å². The highest BCUT2D eigenvalue weighted by Gasteiger charge is 2.36. The van der Waals surface area contributed by atoms with Crippen LogP contribution in [-0.4, -0.2) is 47.4 Å². The summed E-state index contributed by atoms with van der Waals surface area (Å²) in [7, 11) is -1.71. The molecule has 2 atom stereocenters. The molecule has 1 aromatic carbocycles. The van der Waals surface area contributed by atoms with Gasteiger partial charge in [-0.25, -0.2) is 13.2 Å². The highest BCUT2D eigenvalue weighted by Crippen LogP contribution is 2.31. The van der Waals surface area contributed by atoms with Crippen LogP contribution < -0.4 is 10.2 Å². The van der Waals surface area contributed by atoms with Gasteiger partial charge in [0, 0.05) is 31.5 Å². The zero-order valence-corrected chi connectivity index (χ0v) is 15.8. The molecule has 1 aromatic rings. The number of nitrogens with one attached hydrogen (secondary N) is 1. The predicted molar refractivity (Wildman–Crippen MR) is 97.9 cm³/mol. The molecule has 28 heavy (non-hydrogen) atoms. The molecule has 1 saturated heterocycles. The van der Waals surface area contributed by atoms with E-state index >= 15 is 0 Å². The van der Waals surface area contributed by atoms with Crippen molar-refractivity contribution in [2.75, 3.05) is 11.4 Å². The van der Waals surface area contributed by atoms with E-state index < -0.39 is 42.5 Å². The molecular formula is C18H24BF3N2O4. The third kappa shape index (κ3) is 5.48. The first-order chi connectivity index (χ1) is 13.1. The number of ketones is 1. The maximum Gasteiger partial charge on any atom is 0.475 e. The lowest BCUT2D eigenvalue weighted by Crippen LogP contribution is -2.53. The molecule has 0 radical (unpaired) electrons. The van der Waals surface area contributed by atoms with E-state index in [4.69, 9.17) is 0 Å². The normalized spacial score (nSPS) is 17.3. The number of carbonyl (C=O) groups excluding carboxylic acids is 2. The van der Waals surface area contributed by atoms with Crippen molar-refractivity contribution < 1.29 is 32.8 Å². The number of amides is 1. The van der Waals surface area contributed by atoms with Crippen LogP contribution in [0.4, 0.5) is 18.9 Å². The molecule has 1 amide bonds. The van der Waals surface area contributed by atoms with E-state index in [-0.39, 0.29) is 30.2 Å². The number of halogens is 3. The molecule has 0 bridgehead atoms. The molecule has 3 N–H and O–H groups in total. The Morgan fingerprint density at radius 2 is 1.82 bits per heavy atom. The summed E-state index contributed by atoms with van der Waals surface area (Å²) in [4.78, 5) is 25.7. The van der Waals surface area contributed by atoms with Crippen molar-refractivity contribution in [3.63, 3.8) is 0 Å². The number of hydrogen-bond donors (Lipinski definition) is 3. The first-order valence-corrected chi connectivity index (χ1v) is 9.19. The van der Waals surface area contributed by atoms with Crippen LogP contribution in [0.3, 0.4) is 0 Å². The fourth-order valence-corrected chi connectivity index (χ4v) is 3.19. The average Bonchev–Trinajstić information content (AvgIpc) is 2.55. The Bertz CT molecular complexity index is 733. The van der Waals surface area contributed by atoms with Gasteiger partial charge in [0.15, 0.2) is 17.4 Å². The van der Waals surface area contributed by atoms with Crippen molar-refractivity contribution in [3.05, 3.63) is 29.6 Å². The maximum absolute atomic E-state index is 13.9. The van der Waals surface area contributed by atoms with Gasteiger partial charge in [0.1, 0.15) is 5.82 Å². The largest absolute Gasteiger partial charge is 0.475 e. The van der Waals surface area contributed by atoms with Crippen molar-refractivity contribution in [2.45, 2.75) is 51.5 Å². The standard InChI is InChI=1S/C18H24BF3N2O4/c1-10(2)7-17(19(27)28)23-18(26)4-3-16(25)14-5-6-24(14)15-9-12(21)11(20)8-13(15)22/h8-10,14,17,27-28H,3-7H2,1-2H3,(H,23,26)/t14-,17+/m0/s1. The summed E-state index contributed by atoms with van der Waals surface area (Å²) in [6, 6.07) is 0.449. The van der Waals surface area contributed by atoms with Crippen LogP contribution in [0.15, 0.2) is 12.1 Å². The summed E-state index contributed by atoms with van der Waals surface area (Å²) in [6.07, 6.45) is 0.492. The monoisotopic (exact) mass is 400 g/mol. The SMILES string of the molecule is CC(C)C[C@@H](NC(=O)CCC(=O)[C@@H]1CCN1c1cc(F)c(F)cc1F)B(O)O. The molecular weight excluding hydrogens is 376 g/mol. The van der Waals surface area contributed by atoms with Gasteiger partial charge in [0.2, 0.25) is 5.91 Å². The number of carbonyl (C=O) groups is 2. The van der Waals surface area contributed by atoms with E-state index in [0.717, 1.165) is 6.07 Å². The average molecular weight is 400 g/mol. The van der Waals surface area contributed by atoms with E-state index in [9.17, 15) is 32.8 Å². The lowest BCUT2D eigenvalue weighted by molar-refractivity contribution is -0.126. The van der Waals surface area contributed by atoms with Gasteiger partial charge in [-0.05, 0) is 18.8 Å². The van der Waals surface area contributed by atoms with Crippen molar-refractivity contribution >= 4 is 24.5 Å². The summed E-state index contributed by atoms with van der Waals surface area (Å²) in [5.41, 5.74) is -0.187. The Hall–Kier alpha value is -2.07. The van der Waals surface area contributed by atoms with Crippen LogP contribution in [0, 0.1) is 23.4 Å². The molecule has 0 saturated carbocycles. The number of Topliss-reactive ketones (excluding diaryl/α,β-unsaturated/α-hetero) is 1. The van der Waals surface area contributed by atoms with Crippen LogP contribution in [-0.2, 0) is 9.59 Å². The van der Waals surface area contributed by atoms with Gasteiger partial charge in [-0.15, -0.1) is 0 Å². The number of benzene rings is 1. The summed E-state index contributed by atoms with van der Waals surface area (Å²) in [6.45, 7) is 4.05. The van der Waals surface area contributed by atoms with E-state index in [1.807, 2.05) is 13.8 Å². The minimum atomic E-state index is -1.71. The Labute approximate surface area is 161 Å². The summed E-state index contributed by atoms with van der Waals surface area (Å²) < 4.78 is 40.4. The lowest BCUT2D eigenvalue weighted by Gasteiger charge is -2.42. The van der Waals surface area contributed by atoms with Crippen molar-refractivity contribution in [2.24, 2.45) is 5.92 Å². The molecule has 1 heterocycles. The van der Waals surface area contributed by atoms with E-state index in [0.29, 0.717) is 25.5 Å². The van der Waals surface area contributed by atoms with Crippen LogP contribution in [0.5, 0.6) is 0 Å². The molecule has 1 fully saturated rings. The van der Waals surface area contributed by atoms with E-state index in [2.05, 4.69) is 5.32 Å². The van der Waals surface area contributed by atoms with Crippen molar-refractivity contribution in [1.82, 2.24) is 5.32 Å². The van der Waals surface area contributed by atoms with Gasteiger partial charge < -0.3 is 20.3 Å². The predicted octanol–water partition coefficient (Wildman–Crippen LogP) is 1.57. The minimum absolute atomic E-state index is 0.128. The molecule has 2 rings (SSSR count). The smallest absolute Gasteiger partial charge is 0.426 e. The fourth-order valence-electron chi connectivity index (χ4n) is 3.19. The summed E-state index contributed by atoms with van der Waals surface area (Å²) in [5.74, 6) is -4.99. The van der Waals surface area contributed by atoms with E-state index in [1.54, 1.807) is 0 Å². The Balaban J connectivity index is 1.91. The van der Waals surface area contributed by atoms with Crippen LogP contribution in [0.2, 0.25) is 0 Å². The van der Waals surface area contributed by atoms with Crippen LogP contribution in [0.1, 0.15) is 39.5 Å². The first-order valence-electron chi connectivity index (χ1n) is 9.19. The van der Waals surface area contributed by atoms with Crippen molar-refractivity contribution in [3.8, 4) is 0 Å². The second-order valence-corrected chi connectivity index (χ2v) is 7.40. The van der Waals surface area contributed by atoms with Gasteiger partial charge in [-0.1, -0.05) is 13.8 Å². The molecule has 10 heteroatoms. The number of hydrogen-bond acceptors (Lipinski definition) is 5. The molecule has 1 aliphatic rings. The molecule has 0 aromatic heterocycles. The molecule has 1 aliphatic heterocycles. The van der Waals surface area contributed by atoms with Crippen molar-refractivity contribution in [1.29, 1.82) is 0 Å². The second-order valence-electron chi connectivity index (χ2n) is 7.40. The minimum Gasteiger partial charge on any atom is -0.426 e. The molecule has 6 nitrogen and oxygen atoms in total. The summed E-state index contributed by atoms with van der Waals surface area (Å²) in [5, 5.41) is 21.1. The van der Waals surface area contributed by atoms with Crippen LogP contribution in [0.25, 0.3) is 0 Å². The number of rotatable bonds is 9. The lowest BCUT2D eigenvalue weighted by atomic mass is 9.75. The first kappa shape index (κ1) is 22.2. The molecule has 0 unspecified atom stereocenters. The number of anilines is 1. The quantitative estimate of drug-likeness (QED) is 0.433. The topological polar surface area (TPSA) is 89.9 Å². The maximum atomic E-state index is 13.9. The zero-order valence-electron chi connectivity index (χ0n) is 15.8. The third-order valence-corrected chi connectivity index (χ3v) is 4.72. The summed E-state index contributed by atoms with van der Waals surface area (Å²) >= 11 is 0. The van der Waals surface area contributed by atoms with Crippen LogP contribution >= 0.6 is 0 Å². The van der Waals surface area contributed by atoms with Gasteiger partial charge in [-0.2, -0.15) is 0 Å².